The van der Waals surface area contributed by atoms with E-state index in [1.807, 2.05) is 32.0 Å². The molecule has 2 aromatic carbocycles. The molecule has 2 rings (SSSR count). The SMILES string of the molecule is Cc1cccc(C)c1NC(=O)CCCSCC(=O)Nc1cccc(Cl)c1Cl. The molecule has 0 heterocycles. The van der Waals surface area contributed by atoms with Gasteiger partial charge in [0.15, 0.2) is 0 Å². The largest absolute Gasteiger partial charge is 0.326 e. The van der Waals surface area contributed by atoms with Gasteiger partial charge in [-0.3, -0.25) is 9.59 Å². The van der Waals surface area contributed by atoms with Crippen LogP contribution in [0.5, 0.6) is 0 Å². The minimum atomic E-state index is -0.149. The fraction of sp³-hybridized carbons (Fsp3) is 0.300. The number of amides is 2. The Balaban J connectivity index is 1.67. The summed E-state index contributed by atoms with van der Waals surface area (Å²) in [5.41, 5.74) is 3.49. The van der Waals surface area contributed by atoms with Crippen molar-refractivity contribution in [2.45, 2.75) is 26.7 Å². The molecule has 7 heteroatoms. The number of carbonyl (C=O) groups is 2. The van der Waals surface area contributed by atoms with Crippen LogP contribution in [0.3, 0.4) is 0 Å². The van der Waals surface area contributed by atoms with Crippen LogP contribution in [0.4, 0.5) is 11.4 Å². The predicted octanol–water partition coefficient (Wildman–Crippen LogP) is 5.70. The Morgan fingerprint density at radius 3 is 2.33 bits per heavy atom. The average Bonchev–Trinajstić information content (AvgIpc) is 2.62. The fourth-order valence-electron chi connectivity index (χ4n) is 2.50. The predicted molar refractivity (Wildman–Crippen MR) is 116 cm³/mol. The second-order valence-electron chi connectivity index (χ2n) is 6.12. The van der Waals surface area contributed by atoms with Gasteiger partial charge < -0.3 is 10.6 Å². The molecule has 0 aromatic heterocycles. The van der Waals surface area contributed by atoms with Crippen molar-refractivity contribution < 1.29 is 9.59 Å². The molecule has 27 heavy (non-hydrogen) atoms. The van der Waals surface area contributed by atoms with Crippen LogP contribution in [0.15, 0.2) is 36.4 Å². The Morgan fingerprint density at radius 1 is 0.963 bits per heavy atom. The van der Waals surface area contributed by atoms with Crippen LogP contribution in [0.25, 0.3) is 0 Å². The molecule has 0 unspecified atom stereocenters. The Morgan fingerprint density at radius 2 is 1.63 bits per heavy atom. The molecule has 0 aliphatic heterocycles. The molecule has 4 nitrogen and oxygen atoms in total. The molecule has 0 aliphatic carbocycles. The van der Waals surface area contributed by atoms with Crippen molar-refractivity contribution in [2.24, 2.45) is 0 Å². The molecule has 144 valence electrons. The molecule has 0 spiro atoms. The molecule has 2 amide bonds. The summed E-state index contributed by atoms with van der Waals surface area (Å²) in [4.78, 5) is 24.1. The first kappa shape index (κ1) is 21.6. The van der Waals surface area contributed by atoms with Crippen LogP contribution in [0.1, 0.15) is 24.0 Å². The second-order valence-corrected chi connectivity index (χ2v) is 8.01. The third-order valence-corrected chi connectivity index (χ3v) is 5.76. The molecule has 2 aromatic rings. The first-order chi connectivity index (χ1) is 12.9. The monoisotopic (exact) mass is 424 g/mol. The van der Waals surface area contributed by atoms with Crippen LogP contribution >= 0.6 is 35.0 Å². The molecule has 0 aliphatic rings. The first-order valence-corrected chi connectivity index (χ1v) is 10.5. The van der Waals surface area contributed by atoms with Crippen molar-refractivity contribution in [3.63, 3.8) is 0 Å². The van der Waals surface area contributed by atoms with Gasteiger partial charge in [0.25, 0.3) is 0 Å². The summed E-state index contributed by atoms with van der Waals surface area (Å²) in [5.74, 6) is 0.852. The van der Waals surface area contributed by atoms with E-state index in [-0.39, 0.29) is 11.8 Å². The second kappa shape index (κ2) is 10.6. The Labute approximate surface area is 174 Å². The van der Waals surface area contributed by atoms with Gasteiger partial charge in [0.1, 0.15) is 0 Å². The van der Waals surface area contributed by atoms with Crippen LogP contribution in [0, 0.1) is 13.8 Å². The van der Waals surface area contributed by atoms with Crippen molar-refractivity contribution >= 4 is 58.2 Å². The van der Waals surface area contributed by atoms with Gasteiger partial charge in [-0.25, -0.2) is 0 Å². The molecule has 0 fully saturated rings. The standard InChI is InChI=1S/C20H22Cl2N2O2S/c1-13-6-3-7-14(2)20(13)24-17(25)10-5-11-27-12-18(26)23-16-9-4-8-15(21)19(16)22/h3-4,6-9H,5,10-12H2,1-2H3,(H,23,26)(H,24,25). The number of rotatable bonds is 8. The Hall–Kier alpha value is -1.69. The van der Waals surface area contributed by atoms with E-state index in [1.165, 1.54) is 11.8 Å². The van der Waals surface area contributed by atoms with E-state index in [0.29, 0.717) is 34.3 Å². The quantitative estimate of drug-likeness (QED) is 0.534. The minimum Gasteiger partial charge on any atom is -0.326 e. The highest BCUT2D eigenvalue weighted by Gasteiger charge is 2.09. The first-order valence-electron chi connectivity index (χ1n) is 8.56. The summed E-state index contributed by atoms with van der Waals surface area (Å²) in [6.07, 6.45) is 1.12. The smallest absolute Gasteiger partial charge is 0.234 e. The summed E-state index contributed by atoms with van der Waals surface area (Å²) >= 11 is 13.4. The van der Waals surface area contributed by atoms with Gasteiger partial charge in [0, 0.05) is 12.1 Å². The summed E-state index contributed by atoms with van der Waals surface area (Å²) in [6.45, 7) is 3.95. The number of thioether (sulfide) groups is 1. The number of aryl methyl sites for hydroxylation is 2. The molecular formula is C20H22Cl2N2O2S. The number of para-hydroxylation sites is 1. The molecule has 0 saturated heterocycles. The molecule has 0 atom stereocenters. The van der Waals surface area contributed by atoms with Crippen LogP contribution < -0.4 is 10.6 Å². The number of anilines is 2. The molecule has 0 saturated carbocycles. The third kappa shape index (κ3) is 6.76. The zero-order valence-electron chi connectivity index (χ0n) is 15.3. The maximum absolute atomic E-state index is 12.1. The summed E-state index contributed by atoms with van der Waals surface area (Å²) in [5, 5.41) is 6.44. The van der Waals surface area contributed by atoms with Gasteiger partial charge in [0.05, 0.1) is 21.5 Å². The lowest BCUT2D eigenvalue weighted by atomic mass is 10.1. The maximum Gasteiger partial charge on any atom is 0.234 e. The van der Waals surface area contributed by atoms with Gasteiger partial charge in [-0.15, -0.1) is 0 Å². The van der Waals surface area contributed by atoms with E-state index in [0.717, 1.165) is 22.6 Å². The topological polar surface area (TPSA) is 58.2 Å². The van der Waals surface area contributed by atoms with Crippen molar-refractivity contribution in [2.75, 3.05) is 22.1 Å². The van der Waals surface area contributed by atoms with Crippen molar-refractivity contribution in [3.05, 3.63) is 57.6 Å². The van der Waals surface area contributed by atoms with Crippen molar-refractivity contribution in [1.82, 2.24) is 0 Å². The van der Waals surface area contributed by atoms with E-state index < -0.39 is 0 Å². The molecular weight excluding hydrogens is 403 g/mol. The lowest BCUT2D eigenvalue weighted by Crippen LogP contribution is -2.15. The zero-order valence-corrected chi connectivity index (χ0v) is 17.6. The molecule has 2 N–H and O–H groups in total. The van der Waals surface area contributed by atoms with Gasteiger partial charge in [-0.1, -0.05) is 47.5 Å². The number of benzene rings is 2. The van der Waals surface area contributed by atoms with Crippen LogP contribution in [-0.4, -0.2) is 23.3 Å². The number of halogens is 2. The van der Waals surface area contributed by atoms with E-state index in [2.05, 4.69) is 10.6 Å². The highest BCUT2D eigenvalue weighted by Crippen LogP contribution is 2.29. The highest BCUT2D eigenvalue weighted by atomic mass is 35.5. The van der Waals surface area contributed by atoms with E-state index in [9.17, 15) is 9.59 Å². The molecule has 0 radical (unpaired) electrons. The van der Waals surface area contributed by atoms with Crippen molar-refractivity contribution in [3.8, 4) is 0 Å². The average molecular weight is 425 g/mol. The van der Waals surface area contributed by atoms with E-state index >= 15 is 0 Å². The number of hydrogen-bond donors (Lipinski definition) is 2. The van der Waals surface area contributed by atoms with E-state index in [4.69, 9.17) is 23.2 Å². The summed E-state index contributed by atoms with van der Waals surface area (Å²) < 4.78 is 0. The van der Waals surface area contributed by atoms with Crippen LogP contribution in [0.2, 0.25) is 10.0 Å². The summed E-state index contributed by atoms with van der Waals surface area (Å²) in [6, 6.07) is 11.0. The van der Waals surface area contributed by atoms with Crippen LogP contribution in [-0.2, 0) is 9.59 Å². The van der Waals surface area contributed by atoms with Gasteiger partial charge in [-0.2, -0.15) is 11.8 Å². The number of carbonyl (C=O) groups excluding carboxylic acids is 2. The summed E-state index contributed by atoms with van der Waals surface area (Å²) in [7, 11) is 0. The minimum absolute atomic E-state index is 0.0110. The maximum atomic E-state index is 12.1. The van der Waals surface area contributed by atoms with Gasteiger partial charge >= 0.3 is 0 Å². The van der Waals surface area contributed by atoms with Crippen molar-refractivity contribution in [1.29, 1.82) is 0 Å². The lowest BCUT2D eigenvalue weighted by Gasteiger charge is -2.11. The van der Waals surface area contributed by atoms with Gasteiger partial charge in [-0.05, 0) is 49.3 Å². The fourth-order valence-corrected chi connectivity index (χ4v) is 3.60. The highest BCUT2D eigenvalue weighted by molar-refractivity contribution is 7.99. The Kier molecular flexibility index (Phi) is 8.48. The zero-order chi connectivity index (χ0) is 19.8. The lowest BCUT2D eigenvalue weighted by molar-refractivity contribution is -0.116. The molecule has 0 bridgehead atoms. The normalized spacial score (nSPS) is 10.5. The Bertz CT molecular complexity index is 807. The third-order valence-electron chi connectivity index (χ3n) is 3.90. The number of hydrogen-bond acceptors (Lipinski definition) is 3. The van der Waals surface area contributed by atoms with Gasteiger partial charge in [0.2, 0.25) is 11.8 Å². The van der Waals surface area contributed by atoms with E-state index in [1.54, 1.807) is 18.2 Å². The number of nitrogens with one attached hydrogen (secondary N) is 2.